The third kappa shape index (κ3) is 3.08. The molecule has 6 heteroatoms. The van der Waals surface area contributed by atoms with Crippen molar-refractivity contribution in [2.75, 3.05) is 6.54 Å². The zero-order valence-corrected chi connectivity index (χ0v) is 12.0. The van der Waals surface area contributed by atoms with Gasteiger partial charge in [-0.25, -0.2) is 13.1 Å². The number of rotatable bonds is 6. The van der Waals surface area contributed by atoms with E-state index in [1.807, 2.05) is 18.2 Å². The summed E-state index contributed by atoms with van der Waals surface area (Å²) in [5.74, 6) is 0. The average molecular weight is 297 g/mol. The average Bonchev–Trinajstić information content (AvgIpc) is 2.92. The standard InChI is InChI=1S/C13H15NO3S2/c15-19(16,12-2-3-12)14-7-5-11-1-4-13(18-11)10-6-8-17-9-10/h1,4,6,8-9,12,14H,2-3,5,7H2. The maximum Gasteiger partial charge on any atom is 0.214 e. The van der Waals surface area contributed by atoms with Crippen molar-refractivity contribution in [2.45, 2.75) is 24.5 Å². The molecule has 0 unspecified atom stereocenters. The topological polar surface area (TPSA) is 59.3 Å². The van der Waals surface area contributed by atoms with Gasteiger partial charge in [0.05, 0.1) is 17.8 Å². The van der Waals surface area contributed by atoms with Gasteiger partial charge in [-0.05, 0) is 37.5 Å². The Morgan fingerprint density at radius 2 is 2.16 bits per heavy atom. The summed E-state index contributed by atoms with van der Waals surface area (Å²) >= 11 is 1.67. The summed E-state index contributed by atoms with van der Waals surface area (Å²) in [5, 5.41) is -0.141. The highest BCUT2D eigenvalue weighted by Crippen LogP contribution is 2.29. The van der Waals surface area contributed by atoms with Crippen LogP contribution in [-0.2, 0) is 16.4 Å². The van der Waals surface area contributed by atoms with Crippen LogP contribution >= 0.6 is 11.3 Å². The van der Waals surface area contributed by atoms with E-state index >= 15 is 0 Å². The van der Waals surface area contributed by atoms with Gasteiger partial charge in [0, 0.05) is 21.9 Å². The van der Waals surface area contributed by atoms with Gasteiger partial charge in [-0.3, -0.25) is 0 Å². The van der Waals surface area contributed by atoms with E-state index in [0.717, 1.165) is 29.7 Å². The zero-order chi connectivity index (χ0) is 13.3. The molecule has 1 N–H and O–H groups in total. The van der Waals surface area contributed by atoms with E-state index in [4.69, 9.17) is 4.42 Å². The molecule has 1 aliphatic carbocycles. The summed E-state index contributed by atoms with van der Waals surface area (Å²) in [6.45, 7) is 0.476. The molecule has 0 aliphatic heterocycles. The Kier molecular flexibility index (Phi) is 3.47. The van der Waals surface area contributed by atoms with Crippen molar-refractivity contribution >= 4 is 21.4 Å². The van der Waals surface area contributed by atoms with Gasteiger partial charge in [0.25, 0.3) is 0 Å². The minimum absolute atomic E-state index is 0.141. The predicted octanol–water partition coefficient (Wildman–Crippen LogP) is 2.63. The molecule has 3 rings (SSSR count). The van der Waals surface area contributed by atoms with Crippen LogP contribution in [0.1, 0.15) is 17.7 Å². The van der Waals surface area contributed by atoms with Crippen LogP contribution in [0, 0.1) is 0 Å². The summed E-state index contributed by atoms with van der Waals surface area (Å²) in [6.07, 6.45) is 5.70. The molecule has 0 atom stereocenters. The summed E-state index contributed by atoms with van der Waals surface area (Å²) in [7, 11) is -3.05. The van der Waals surface area contributed by atoms with Crippen molar-refractivity contribution in [2.24, 2.45) is 0 Å². The Balaban J connectivity index is 1.56. The highest BCUT2D eigenvalue weighted by Gasteiger charge is 2.35. The van der Waals surface area contributed by atoms with E-state index in [2.05, 4.69) is 4.72 Å². The van der Waals surface area contributed by atoms with Crippen LogP contribution in [0.25, 0.3) is 10.4 Å². The second-order valence-corrected chi connectivity index (χ2v) is 7.88. The summed E-state index contributed by atoms with van der Waals surface area (Å²) < 4.78 is 31.0. The maximum atomic E-state index is 11.7. The molecular weight excluding hydrogens is 282 g/mol. The molecular formula is C13H15NO3S2. The predicted molar refractivity (Wildman–Crippen MR) is 75.7 cm³/mol. The first kappa shape index (κ1) is 12.9. The molecule has 1 fully saturated rings. The highest BCUT2D eigenvalue weighted by molar-refractivity contribution is 7.90. The number of thiophene rings is 1. The molecule has 102 valence electrons. The van der Waals surface area contributed by atoms with Crippen molar-refractivity contribution in [1.29, 1.82) is 0 Å². The Hall–Kier alpha value is -1.11. The first-order valence-corrected chi connectivity index (χ1v) is 8.61. The number of hydrogen-bond acceptors (Lipinski definition) is 4. The van der Waals surface area contributed by atoms with Crippen molar-refractivity contribution in [1.82, 2.24) is 4.72 Å². The molecule has 0 spiro atoms. The third-order valence-electron chi connectivity index (χ3n) is 3.11. The quantitative estimate of drug-likeness (QED) is 0.891. The van der Waals surface area contributed by atoms with Gasteiger partial charge in [0.2, 0.25) is 10.0 Å². The number of nitrogens with one attached hydrogen (secondary N) is 1. The Labute approximate surface area is 116 Å². The minimum atomic E-state index is -3.05. The van der Waals surface area contributed by atoms with Crippen LogP contribution in [-0.4, -0.2) is 20.2 Å². The second-order valence-electron chi connectivity index (χ2n) is 4.67. The molecule has 4 nitrogen and oxygen atoms in total. The Bertz CT molecular complexity index is 639. The molecule has 0 amide bonds. The van der Waals surface area contributed by atoms with Crippen LogP contribution in [0.5, 0.6) is 0 Å². The molecule has 1 aliphatic rings. The SMILES string of the molecule is O=S(=O)(NCCc1ccc(-c2ccoc2)s1)C1CC1. The first-order valence-electron chi connectivity index (χ1n) is 6.25. The number of sulfonamides is 1. The molecule has 2 aromatic heterocycles. The van der Waals surface area contributed by atoms with Gasteiger partial charge in [0.1, 0.15) is 0 Å². The van der Waals surface area contributed by atoms with Crippen LogP contribution in [0.3, 0.4) is 0 Å². The van der Waals surface area contributed by atoms with Gasteiger partial charge < -0.3 is 4.42 Å². The Morgan fingerprint density at radius 1 is 1.32 bits per heavy atom. The van der Waals surface area contributed by atoms with E-state index in [1.54, 1.807) is 23.9 Å². The molecule has 0 saturated heterocycles. The fraction of sp³-hybridized carbons (Fsp3) is 0.385. The van der Waals surface area contributed by atoms with E-state index in [0.29, 0.717) is 6.54 Å². The van der Waals surface area contributed by atoms with Crippen LogP contribution < -0.4 is 4.72 Å². The number of furan rings is 1. The fourth-order valence-electron chi connectivity index (χ4n) is 1.88. The van der Waals surface area contributed by atoms with E-state index in [1.165, 1.54) is 4.88 Å². The fourth-order valence-corrected chi connectivity index (χ4v) is 4.26. The van der Waals surface area contributed by atoms with E-state index in [-0.39, 0.29) is 5.25 Å². The first-order chi connectivity index (χ1) is 9.15. The summed E-state index contributed by atoms with van der Waals surface area (Å²) in [5.41, 5.74) is 1.06. The van der Waals surface area contributed by atoms with Crippen LogP contribution in [0.2, 0.25) is 0 Å². The number of hydrogen-bond donors (Lipinski definition) is 1. The maximum absolute atomic E-state index is 11.7. The lowest BCUT2D eigenvalue weighted by molar-refractivity contribution is 0.568. The van der Waals surface area contributed by atoms with E-state index in [9.17, 15) is 8.42 Å². The lowest BCUT2D eigenvalue weighted by atomic mass is 10.3. The second kappa shape index (κ2) is 5.11. The van der Waals surface area contributed by atoms with Gasteiger partial charge in [-0.2, -0.15) is 0 Å². The summed E-state index contributed by atoms with van der Waals surface area (Å²) in [6, 6.07) is 6.00. The van der Waals surface area contributed by atoms with Gasteiger partial charge in [0.15, 0.2) is 0 Å². The molecule has 1 saturated carbocycles. The van der Waals surface area contributed by atoms with E-state index < -0.39 is 10.0 Å². The lowest BCUT2D eigenvalue weighted by Crippen LogP contribution is -2.28. The van der Waals surface area contributed by atoms with Crippen molar-refractivity contribution in [3.63, 3.8) is 0 Å². The molecule has 2 aromatic rings. The Morgan fingerprint density at radius 3 is 2.84 bits per heavy atom. The van der Waals surface area contributed by atoms with Crippen LogP contribution in [0.15, 0.2) is 35.1 Å². The molecule has 19 heavy (non-hydrogen) atoms. The molecule has 0 bridgehead atoms. The summed E-state index contributed by atoms with van der Waals surface area (Å²) in [4.78, 5) is 2.32. The van der Waals surface area contributed by atoms with Gasteiger partial charge in [-0.1, -0.05) is 0 Å². The van der Waals surface area contributed by atoms with Gasteiger partial charge in [-0.15, -0.1) is 11.3 Å². The highest BCUT2D eigenvalue weighted by atomic mass is 32.2. The normalized spacial score (nSPS) is 15.8. The van der Waals surface area contributed by atoms with Gasteiger partial charge >= 0.3 is 0 Å². The van der Waals surface area contributed by atoms with Crippen molar-refractivity contribution in [3.05, 3.63) is 35.6 Å². The van der Waals surface area contributed by atoms with Crippen molar-refractivity contribution < 1.29 is 12.8 Å². The largest absolute Gasteiger partial charge is 0.472 e. The van der Waals surface area contributed by atoms with Crippen molar-refractivity contribution in [3.8, 4) is 10.4 Å². The third-order valence-corrected chi connectivity index (χ3v) is 6.25. The zero-order valence-electron chi connectivity index (χ0n) is 10.3. The molecule has 0 radical (unpaired) electrons. The minimum Gasteiger partial charge on any atom is -0.472 e. The lowest BCUT2D eigenvalue weighted by Gasteiger charge is -2.03. The molecule has 2 heterocycles. The smallest absolute Gasteiger partial charge is 0.214 e. The van der Waals surface area contributed by atoms with Crippen LogP contribution in [0.4, 0.5) is 0 Å². The molecule has 0 aromatic carbocycles. The monoisotopic (exact) mass is 297 g/mol.